The molecular formula is C26H45NO3. The van der Waals surface area contributed by atoms with Crippen LogP contribution in [0.2, 0.25) is 0 Å². The van der Waals surface area contributed by atoms with Gasteiger partial charge in [0.2, 0.25) is 0 Å². The molecule has 4 nitrogen and oxygen atoms in total. The molecule has 1 atom stereocenters. The van der Waals surface area contributed by atoms with Crippen LogP contribution < -0.4 is 4.74 Å². The topological polar surface area (TPSA) is 30.9 Å². The van der Waals surface area contributed by atoms with Crippen molar-refractivity contribution in [2.45, 2.75) is 97.9 Å². The van der Waals surface area contributed by atoms with Crippen LogP contribution in [0.1, 0.15) is 73.8 Å². The van der Waals surface area contributed by atoms with Crippen LogP contribution in [0.5, 0.6) is 5.75 Å². The molecule has 1 aromatic rings. The largest absolute Gasteiger partial charge is 0.491 e. The van der Waals surface area contributed by atoms with Gasteiger partial charge in [-0.05, 0) is 98.3 Å². The molecule has 172 valence electrons. The van der Waals surface area contributed by atoms with Crippen LogP contribution in [-0.4, -0.2) is 54.6 Å². The Labute approximate surface area is 185 Å². The Kier molecular flexibility index (Phi) is 9.20. The highest BCUT2D eigenvalue weighted by atomic mass is 16.5. The van der Waals surface area contributed by atoms with E-state index >= 15 is 0 Å². The average Bonchev–Trinajstić information content (AvgIpc) is 3.44. The Hall–Kier alpha value is -1.10. The normalized spacial score (nSPS) is 16.3. The molecule has 0 heterocycles. The van der Waals surface area contributed by atoms with E-state index in [0.717, 1.165) is 37.8 Å². The molecular weight excluding hydrogens is 374 g/mol. The standard InChI is InChI=1S/C26H45NO3/c1-20(2)27(25(3,4)5)17-24(30-26(6,7)8)19-29-23-13-11-21(12-14-23)15-16-28-18-22-9-10-22/h11-14,20,22,24H,9-10,15-19H2,1-8H3/t24-/m0/s1. The van der Waals surface area contributed by atoms with Crippen molar-refractivity contribution in [1.29, 1.82) is 0 Å². The van der Waals surface area contributed by atoms with Gasteiger partial charge in [-0.2, -0.15) is 0 Å². The van der Waals surface area contributed by atoms with Crippen molar-refractivity contribution in [2.24, 2.45) is 5.92 Å². The molecule has 1 aliphatic rings. The zero-order valence-electron chi connectivity index (χ0n) is 20.7. The number of nitrogens with zero attached hydrogens (tertiary/aromatic N) is 1. The first-order chi connectivity index (χ1) is 13.9. The summed E-state index contributed by atoms with van der Waals surface area (Å²) in [7, 11) is 0. The lowest BCUT2D eigenvalue weighted by Crippen LogP contribution is -2.51. The third kappa shape index (κ3) is 9.80. The fraction of sp³-hybridized carbons (Fsp3) is 0.769. The van der Waals surface area contributed by atoms with E-state index < -0.39 is 0 Å². The third-order valence-electron chi connectivity index (χ3n) is 5.35. The molecule has 4 heteroatoms. The molecule has 0 radical (unpaired) electrons. The fourth-order valence-corrected chi connectivity index (χ4v) is 3.77. The molecule has 0 saturated heterocycles. The predicted molar refractivity (Wildman–Crippen MR) is 125 cm³/mol. The molecule has 1 aliphatic carbocycles. The van der Waals surface area contributed by atoms with Crippen molar-refractivity contribution in [3.05, 3.63) is 29.8 Å². The highest BCUT2D eigenvalue weighted by Gasteiger charge is 2.29. The molecule has 1 fully saturated rings. The maximum absolute atomic E-state index is 6.37. The van der Waals surface area contributed by atoms with Crippen molar-refractivity contribution in [2.75, 3.05) is 26.4 Å². The van der Waals surface area contributed by atoms with Crippen LogP contribution in [0.15, 0.2) is 24.3 Å². The molecule has 2 rings (SSSR count). The summed E-state index contributed by atoms with van der Waals surface area (Å²) in [6, 6.07) is 8.86. The molecule has 30 heavy (non-hydrogen) atoms. The fourth-order valence-electron chi connectivity index (χ4n) is 3.77. The lowest BCUT2D eigenvalue weighted by molar-refractivity contribution is -0.0986. The van der Waals surface area contributed by atoms with Crippen LogP contribution in [0.4, 0.5) is 0 Å². The molecule has 0 spiro atoms. The zero-order chi connectivity index (χ0) is 22.4. The molecule has 1 saturated carbocycles. The summed E-state index contributed by atoms with van der Waals surface area (Å²) >= 11 is 0. The quantitative estimate of drug-likeness (QED) is 0.405. The Bertz CT molecular complexity index is 609. The highest BCUT2D eigenvalue weighted by molar-refractivity contribution is 5.27. The van der Waals surface area contributed by atoms with Crippen LogP contribution in [0, 0.1) is 5.92 Å². The van der Waals surface area contributed by atoms with Crippen molar-refractivity contribution in [3.63, 3.8) is 0 Å². The third-order valence-corrected chi connectivity index (χ3v) is 5.35. The first-order valence-electron chi connectivity index (χ1n) is 11.7. The van der Waals surface area contributed by atoms with Gasteiger partial charge in [-0.15, -0.1) is 0 Å². The van der Waals surface area contributed by atoms with E-state index in [9.17, 15) is 0 Å². The molecule has 0 bridgehead atoms. The Morgan fingerprint density at radius 2 is 1.63 bits per heavy atom. The molecule has 0 aliphatic heterocycles. The smallest absolute Gasteiger partial charge is 0.119 e. The van der Waals surface area contributed by atoms with E-state index in [0.29, 0.717) is 12.6 Å². The van der Waals surface area contributed by atoms with E-state index in [1.807, 2.05) is 0 Å². The Morgan fingerprint density at radius 1 is 1.00 bits per heavy atom. The first kappa shape index (κ1) is 25.2. The maximum atomic E-state index is 6.37. The number of benzene rings is 1. The van der Waals surface area contributed by atoms with Gasteiger partial charge in [0, 0.05) is 24.7 Å². The number of rotatable bonds is 12. The van der Waals surface area contributed by atoms with E-state index in [1.54, 1.807) is 0 Å². The lowest BCUT2D eigenvalue weighted by atomic mass is 10.0. The zero-order valence-corrected chi connectivity index (χ0v) is 20.7. The summed E-state index contributed by atoms with van der Waals surface area (Å²) in [4.78, 5) is 2.48. The first-order valence-corrected chi connectivity index (χ1v) is 11.7. The van der Waals surface area contributed by atoms with Gasteiger partial charge in [0.15, 0.2) is 0 Å². The predicted octanol–water partition coefficient (Wildman–Crippen LogP) is 5.73. The summed E-state index contributed by atoms with van der Waals surface area (Å²) in [6.45, 7) is 20.7. The van der Waals surface area contributed by atoms with E-state index in [1.165, 1.54) is 18.4 Å². The maximum Gasteiger partial charge on any atom is 0.119 e. The van der Waals surface area contributed by atoms with E-state index in [-0.39, 0.29) is 17.2 Å². The van der Waals surface area contributed by atoms with Gasteiger partial charge < -0.3 is 14.2 Å². The molecule has 0 N–H and O–H groups in total. The van der Waals surface area contributed by atoms with Gasteiger partial charge in [-0.1, -0.05) is 12.1 Å². The van der Waals surface area contributed by atoms with Crippen molar-refractivity contribution < 1.29 is 14.2 Å². The van der Waals surface area contributed by atoms with Crippen molar-refractivity contribution in [3.8, 4) is 5.75 Å². The minimum atomic E-state index is -0.209. The number of ether oxygens (including phenoxy) is 3. The SMILES string of the molecule is CC(C)N(C[C@@H](COc1ccc(CCOCC2CC2)cc1)OC(C)(C)C)C(C)(C)C. The monoisotopic (exact) mass is 419 g/mol. The second-order valence-electron chi connectivity index (χ2n) is 11.0. The van der Waals surface area contributed by atoms with Crippen LogP contribution >= 0.6 is 0 Å². The van der Waals surface area contributed by atoms with E-state index in [4.69, 9.17) is 14.2 Å². The minimum absolute atomic E-state index is 0.00197. The lowest BCUT2D eigenvalue weighted by Gasteiger charge is -2.42. The van der Waals surface area contributed by atoms with Gasteiger partial charge in [-0.3, -0.25) is 4.90 Å². The number of hydrogen-bond donors (Lipinski definition) is 0. The van der Waals surface area contributed by atoms with Crippen molar-refractivity contribution in [1.82, 2.24) is 4.90 Å². The second kappa shape index (κ2) is 11.0. The van der Waals surface area contributed by atoms with Crippen molar-refractivity contribution >= 4 is 0 Å². The van der Waals surface area contributed by atoms with Gasteiger partial charge in [0.1, 0.15) is 18.5 Å². The molecule has 1 aromatic carbocycles. The second-order valence-corrected chi connectivity index (χ2v) is 11.0. The average molecular weight is 420 g/mol. The molecule has 0 aromatic heterocycles. The molecule has 0 unspecified atom stereocenters. The van der Waals surface area contributed by atoms with Gasteiger partial charge in [0.05, 0.1) is 12.2 Å². The summed E-state index contributed by atoms with van der Waals surface area (Å²) in [5.74, 6) is 1.72. The summed E-state index contributed by atoms with van der Waals surface area (Å²) in [5, 5.41) is 0. The van der Waals surface area contributed by atoms with Gasteiger partial charge in [-0.25, -0.2) is 0 Å². The Morgan fingerprint density at radius 3 is 2.13 bits per heavy atom. The van der Waals surface area contributed by atoms with Crippen LogP contribution in [0.3, 0.4) is 0 Å². The summed E-state index contributed by atoms with van der Waals surface area (Å²) in [5.41, 5.74) is 1.16. The summed E-state index contributed by atoms with van der Waals surface area (Å²) in [6.07, 6.45) is 3.65. The van der Waals surface area contributed by atoms with E-state index in [2.05, 4.69) is 84.6 Å². The van der Waals surface area contributed by atoms with Crippen LogP contribution in [0.25, 0.3) is 0 Å². The van der Waals surface area contributed by atoms with Gasteiger partial charge >= 0.3 is 0 Å². The summed E-state index contributed by atoms with van der Waals surface area (Å²) < 4.78 is 18.3. The van der Waals surface area contributed by atoms with Crippen LogP contribution in [-0.2, 0) is 15.9 Å². The Balaban J connectivity index is 1.88. The minimum Gasteiger partial charge on any atom is -0.491 e. The van der Waals surface area contributed by atoms with Gasteiger partial charge in [0.25, 0.3) is 0 Å². The molecule has 0 amide bonds. The number of hydrogen-bond acceptors (Lipinski definition) is 4. The highest BCUT2D eigenvalue weighted by Crippen LogP contribution is 2.28.